The highest BCUT2D eigenvalue weighted by atomic mass is 79.9. The van der Waals surface area contributed by atoms with Gasteiger partial charge in [-0.2, -0.15) is 0 Å². The Morgan fingerprint density at radius 2 is 2.24 bits per heavy atom. The molecule has 0 aromatic heterocycles. The summed E-state index contributed by atoms with van der Waals surface area (Å²) in [6.07, 6.45) is 0.510. The lowest BCUT2D eigenvalue weighted by atomic mass is 10.1. The van der Waals surface area contributed by atoms with Gasteiger partial charge < -0.3 is 11.1 Å². The minimum Gasteiger partial charge on any atom is -0.393 e. The molecule has 0 saturated heterocycles. The van der Waals surface area contributed by atoms with E-state index in [0.717, 1.165) is 10.0 Å². The lowest BCUT2D eigenvalue weighted by molar-refractivity contribution is 0.0941. The van der Waals surface area contributed by atoms with E-state index in [0.29, 0.717) is 17.0 Å². The van der Waals surface area contributed by atoms with Crippen molar-refractivity contribution >= 4 is 39.0 Å². The number of hydrogen-bond donors (Lipinski definition) is 2. The van der Waals surface area contributed by atoms with Gasteiger partial charge in [-0.05, 0) is 37.6 Å². The Hall–Kier alpha value is -0.940. The largest absolute Gasteiger partial charge is 0.393 e. The molecule has 0 aliphatic heterocycles. The Kier molecular flexibility index (Phi) is 5.08. The third-order valence-electron chi connectivity index (χ3n) is 2.30. The second-order valence-corrected chi connectivity index (χ2v) is 5.39. The summed E-state index contributed by atoms with van der Waals surface area (Å²) in [4.78, 5) is 12.3. The van der Waals surface area contributed by atoms with Crippen LogP contribution < -0.4 is 11.1 Å². The summed E-state index contributed by atoms with van der Waals surface area (Å²) in [6.45, 7) is 3.82. The van der Waals surface area contributed by atoms with Gasteiger partial charge in [-0.15, -0.1) is 0 Å². The van der Waals surface area contributed by atoms with Crippen LogP contribution in [0.5, 0.6) is 0 Å². The number of amides is 1. The van der Waals surface area contributed by atoms with Crippen LogP contribution in [0, 0.1) is 6.92 Å². The summed E-state index contributed by atoms with van der Waals surface area (Å²) >= 11 is 8.20. The van der Waals surface area contributed by atoms with Gasteiger partial charge >= 0.3 is 0 Å². The normalized spacial score (nSPS) is 11.9. The highest BCUT2D eigenvalue weighted by molar-refractivity contribution is 9.10. The number of nitrogens with one attached hydrogen (secondary N) is 1. The standard InChI is InChI=1S/C12H15BrN2OS/c1-7-5-9(3-4-10(7)13)12(16)15-8(2)6-11(14)17/h3-5,8H,6H2,1-2H3,(H2,14,17)(H,15,16). The van der Waals surface area contributed by atoms with Crippen molar-refractivity contribution in [2.75, 3.05) is 0 Å². The number of aryl methyl sites for hydroxylation is 1. The molecule has 0 fully saturated rings. The summed E-state index contributed by atoms with van der Waals surface area (Å²) in [5.74, 6) is -0.107. The second kappa shape index (κ2) is 6.12. The molecule has 92 valence electrons. The zero-order chi connectivity index (χ0) is 13.0. The molecule has 1 amide bonds. The molecule has 1 atom stereocenters. The van der Waals surface area contributed by atoms with Crippen molar-refractivity contribution in [3.05, 3.63) is 33.8 Å². The van der Waals surface area contributed by atoms with E-state index in [4.69, 9.17) is 18.0 Å². The highest BCUT2D eigenvalue weighted by Gasteiger charge is 2.11. The molecule has 17 heavy (non-hydrogen) atoms. The number of thiocarbonyl (C=S) groups is 1. The van der Waals surface area contributed by atoms with Crippen LogP contribution in [0.4, 0.5) is 0 Å². The van der Waals surface area contributed by atoms with Gasteiger partial charge in [0.1, 0.15) is 0 Å². The number of hydrogen-bond acceptors (Lipinski definition) is 2. The Morgan fingerprint density at radius 1 is 1.59 bits per heavy atom. The predicted octanol–water partition coefficient (Wildman–Crippen LogP) is 2.55. The van der Waals surface area contributed by atoms with Crippen LogP contribution in [-0.4, -0.2) is 16.9 Å². The van der Waals surface area contributed by atoms with Gasteiger partial charge in [0.05, 0.1) is 4.99 Å². The summed E-state index contributed by atoms with van der Waals surface area (Å²) < 4.78 is 0.991. The van der Waals surface area contributed by atoms with E-state index in [1.165, 1.54) is 0 Å². The third-order valence-corrected chi connectivity index (χ3v) is 3.36. The molecule has 0 heterocycles. The lowest BCUT2D eigenvalue weighted by Gasteiger charge is -2.13. The molecular weight excluding hydrogens is 300 g/mol. The first-order valence-electron chi connectivity index (χ1n) is 5.25. The van der Waals surface area contributed by atoms with Crippen LogP contribution in [0.2, 0.25) is 0 Å². The Morgan fingerprint density at radius 3 is 2.76 bits per heavy atom. The van der Waals surface area contributed by atoms with E-state index in [9.17, 15) is 4.79 Å². The van der Waals surface area contributed by atoms with E-state index < -0.39 is 0 Å². The van der Waals surface area contributed by atoms with Crippen LogP contribution in [0.1, 0.15) is 29.3 Å². The smallest absolute Gasteiger partial charge is 0.251 e. The number of benzene rings is 1. The van der Waals surface area contributed by atoms with Gasteiger partial charge in [0.25, 0.3) is 5.91 Å². The molecule has 3 nitrogen and oxygen atoms in total. The van der Waals surface area contributed by atoms with Crippen LogP contribution in [0.25, 0.3) is 0 Å². The van der Waals surface area contributed by atoms with E-state index in [1.807, 2.05) is 26.0 Å². The van der Waals surface area contributed by atoms with Gasteiger partial charge in [0, 0.05) is 22.5 Å². The topological polar surface area (TPSA) is 55.1 Å². The summed E-state index contributed by atoms with van der Waals surface area (Å²) in [5.41, 5.74) is 7.09. The first-order valence-corrected chi connectivity index (χ1v) is 6.45. The summed E-state index contributed by atoms with van der Waals surface area (Å²) in [7, 11) is 0. The van der Waals surface area contributed by atoms with Crippen molar-refractivity contribution < 1.29 is 4.79 Å². The van der Waals surface area contributed by atoms with Crippen LogP contribution in [0.15, 0.2) is 22.7 Å². The Bertz CT molecular complexity index is 448. The third kappa shape index (κ3) is 4.44. The Labute approximate surface area is 115 Å². The second-order valence-electron chi connectivity index (χ2n) is 4.01. The quantitative estimate of drug-likeness (QED) is 0.840. The van der Waals surface area contributed by atoms with Gasteiger partial charge in [-0.1, -0.05) is 28.1 Å². The first kappa shape index (κ1) is 14.1. The predicted molar refractivity (Wildman–Crippen MR) is 77.2 cm³/mol. The molecule has 1 aromatic rings. The van der Waals surface area contributed by atoms with E-state index >= 15 is 0 Å². The van der Waals surface area contributed by atoms with Crippen molar-refractivity contribution in [3.8, 4) is 0 Å². The van der Waals surface area contributed by atoms with Crippen LogP contribution in [0.3, 0.4) is 0 Å². The van der Waals surface area contributed by atoms with Crippen LogP contribution in [-0.2, 0) is 0 Å². The maximum atomic E-state index is 11.9. The van der Waals surface area contributed by atoms with Gasteiger partial charge in [-0.25, -0.2) is 0 Å². The molecular formula is C12H15BrN2OS. The minimum absolute atomic E-state index is 0.0519. The molecule has 3 N–H and O–H groups in total. The average molecular weight is 315 g/mol. The fourth-order valence-corrected chi connectivity index (χ4v) is 1.94. The average Bonchev–Trinajstić information content (AvgIpc) is 2.20. The zero-order valence-electron chi connectivity index (χ0n) is 9.79. The zero-order valence-corrected chi connectivity index (χ0v) is 12.2. The number of rotatable bonds is 4. The highest BCUT2D eigenvalue weighted by Crippen LogP contribution is 2.17. The molecule has 0 aliphatic rings. The van der Waals surface area contributed by atoms with Crippen molar-refractivity contribution in [1.82, 2.24) is 5.32 Å². The number of nitrogens with two attached hydrogens (primary N) is 1. The molecule has 0 spiro atoms. The van der Waals surface area contributed by atoms with Crippen LogP contribution >= 0.6 is 28.1 Å². The van der Waals surface area contributed by atoms with E-state index in [1.54, 1.807) is 6.07 Å². The lowest BCUT2D eigenvalue weighted by Crippen LogP contribution is -2.35. The summed E-state index contributed by atoms with van der Waals surface area (Å²) in [5, 5.41) is 2.85. The molecule has 0 bridgehead atoms. The van der Waals surface area contributed by atoms with E-state index in [2.05, 4.69) is 21.2 Å². The summed E-state index contributed by atoms with van der Waals surface area (Å²) in [6, 6.07) is 5.43. The van der Waals surface area contributed by atoms with Crippen molar-refractivity contribution in [2.24, 2.45) is 5.73 Å². The SMILES string of the molecule is Cc1cc(C(=O)NC(C)CC(N)=S)ccc1Br. The molecule has 0 saturated carbocycles. The maximum absolute atomic E-state index is 11.9. The number of carbonyl (C=O) groups excluding carboxylic acids is 1. The fourth-order valence-electron chi connectivity index (χ4n) is 1.45. The van der Waals surface area contributed by atoms with Gasteiger partial charge in [0.2, 0.25) is 0 Å². The molecule has 1 rings (SSSR count). The van der Waals surface area contributed by atoms with Crippen molar-refractivity contribution in [1.29, 1.82) is 0 Å². The van der Waals surface area contributed by atoms with Crippen molar-refractivity contribution in [3.63, 3.8) is 0 Å². The molecule has 0 radical (unpaired) electrons. The maximum Gasteiger partial charge on any atom is 0.251 e. The molecule has 1 unspecified atom stereocenters. The minimum atomic E-state index is -0.107. The monoisotopic (exact) mass is 314 g/mol. The molecule has 5 heteroatoms. The first-order chi connectivity index (χ1) is 7.90. The Balaban J connectivity index is 2.70. The number of halogens is 1. The van der Waals surface area contributed by atoms with Gasteiger partial charge in [0.15, 0.2) is 0 Å². The van der Waals surface area contributed by atoms with E-state index in [-0.39, 0.29) is 11.9 Å². The molecule has 0 aliphatic carbocycles. The number of carbonyl (C=O) groups is 1. The molecule has 1 aromatic carbocycles. The van der Waals surface area contributed by atoms with Crippen molar-refractivity contribution in [2.45, 2.75) is 26.3 Å². The van der Waals surface area contributed by atoms with Gasteiger partial charge in [-0.3, -0.25) is 4.79 Å². The fraction of sp³-hybridized carbons (Fsp3) is 0.333.